The van der Waals surface area contributed by atoms with E-state index in [0.717, 1.165) is 19.3 Å². The van der Waals surface area contributed by atoms with E-state index in [4.69, 9.17) is 9.47 Å². The highest BCUT2D eigenvalue weighted by Crippen LogP contribution is 2.25. The monoisotopic (exact) mass is 284 g/mol. The number of unbranched alkanes of at least 4 members (excludes halogenated alkanes) is 3. The Morgan fingerprint density at radius 3 is 2.50 bits per heavy atom. The maximum Gasteiger partial charge on any atom is 0.373 e. The number of carbonyl (C=O) groups excluding carboxylic acids is 2. The molecule has 0 bridgehead atoms. The van der Waals surface area contributed by atoms with E-state index in [1.165, 1.54) is 6.42 Å². The Balaban J connectivity index is 2.35. The normalized spacial score (nSPS) is 23.5. The lowest BCUT2D eigenvalue weighted by atomic mass is 10.0. The molecule has 1 aliphatic heterocycles. The smallest absolute Gasteiger partial charge is 0.373 e. The van der Waals surface area contributed by atoms with Gasteiger partial charge < -0.3 is 14.6 Å². The molecule has 1 fully saturated rings. The number of aliphatic hydroxyl groups is 1. The van der Waals surface area contributed by atoms with Crippen LogP contribution in [0.15, 0.2) is 12.2 Å². The minimum atomic E-state index is -2.13. The van der Waals surface area contributed by atoms with E-state index in [-0.39, 0.29) is 18.4 Å². The van der Waals surface area contributed by atoms with Crippen LogP contribution in [0.1, 0.15) is 58.8 Å². The minimum absolute atomic E-state index is 0.00265. The van der Waals surface area contributed by atoms with Gasteiger partial charge in [0.1, 0.15) is 0 Å². The van der Waals surface area contributed by atoms with Crippen LogP contribution in [0.2, 0.25) is 0 Å². The van der Waals surface area contributed by atoms with Crippen LogP contribution in [0, 0.1) is 5.92 Å². The van der Waals surface area contributed by atoms with Crippen molar-refractivity contribution in [2.45, 2.75) is 64.8 Å². The standard InChI is InChI=1S/C15H24O5/c1-11(2)8-6-4-5-7-9-15(18)19-13(16)10-12(3)14(17)20-15/h11,18H,3-10H2,1-2H3. The first-order valence-electron chi connectivity index (χ1n) is 7.18. The van der Waals surface area contributed by atoms with Gasteiger partial charge in [-0.3, -0.25) is 4.79 Å². The molecular formula is C15H24O5. The topological polar surface area (TPSA) is 72.8 Å². The molecule has 0 aromatic carbocycles. The van der Waals surface area contributed by atoms with E-state index in [0.29, 0.717) is 12.3 Å². The van der Waals surface area contributed by atoms with Gasteiger partial charge in [0.2, 0.25) is 0 Å². The fraction of sp³-hybridized carbons (Fsp3) is 0.733. The van der Waals surface area contributed by atoms with Crippen LogP contribution in [0.3, 0.4) is 0 Å². The maximum absolute atomic E-state index is 11.5. The van der Waals surface area contributed by atoms with Gasteiger partial charge in [-0.25, -0.2) is 4.79 Å². The third-order valence-electron chi connectivity index (χ3n) is 3.20. The van der Waals surface area contributed by atoms with E-state index in [1.807, 2.05) is 0 Å². The molecule has 0 amide bonds. The van der Waals surface area contributed by atoms with Crippen LogP contribution < -0.4 is 0 Å². The van der Waals surface area contributed by atoms with Crippen molar-refractivity contribution in [3.63, 3.8) is 0 Å². The molecule has 1 unspecified atom stereocenters. The molecular weight excluding hydrogens is 260 g/mol. The summed E-state index contributed by atoms with van der Waals surface area (Å²) >= 11 is 0. The molecule has 20 heavy (non-hydrogen) atoms. The fourth-order valence-electron chi connectivity index (χ4n) is 2.05. The highest BCUT2D eigenvalue weighted by molar-refractivity contribution is 5.94. The molecule has 1 aliphatic rings. The van der Waals surface area contributed by atoms with Gasteiger partial charge in [-0.05, 0) is 12.3 Å². The zero-order valence-electron chi connectivity index (χ0n) is 12.3. The van der Waals surface area contributed by atoms with Gasteiger partial charge in [-0.15, -0.1) is 0 Å². The number of hydrogen-bond donors (Lipinski definition) is 1. The van der Waals surface area contributed by atoms with E-state index < -0.39 is 17.9 Å². The van der Waals surface area contributed by atoms with E-state index in [1.54, 1.807) is 0 Å². The minimum Gasteiger partial charge on any atom is -0.398 e. The third-order valence-corrected chi connectivity index (χ3v) is 3.20. The van der Waals surface area contributed by atoms with Gasteiger partial charge in [0, 0.05) is 5.57 Å². The summed E-state index contributed by atoms with van der Waals surface area (Å²) in [4.78, 5) is 22.9. The lowest BCUT2D eigenvalue weighted by molar-refractivity contribution is -0.323. The number of hydrogen-bond acceptors (Lipinski definition) is 5. The van der Waals surface area contributed by atoms with Crippen molar-refractivity contribution in [1.82, 2.24) is 0 Å². The molecule has 1 N–H and O–H groups in total. The van der Waals surface area contributed by atoms with Crippen LogP contribution in [0.5, 0.6) is 0 Å². The summed E-state index contributed by atoms with van der Waals surface area (Å²) in [7, 11) is 0. The van der Waals surface area contributed by atoms with Crippen molar-refractivity contribution >= 4 is 11.9 Å². The molecule has 0 saturated carbocycles. The van der Waals surface area contributed by atoms with Gasteiger partial charge in [-0.2, -0.15) is 0 Å². The first kappa shape index (κ1) is 16.7. The number of esters is 2. The van der Waals surface area contributed by atoms with Gasteiger partial charge in [0.25, 0.3) is 0 Å². The van der Waals surface area contributed by atoms with Crippen LogP contribution in [-0.2, 0) is 19.1 Å². The van der Waals surface area contributed by atoms with Crippen molar-refractivity contribution in [1.29, 1.82) is 0 Å². The molecule has 1 atom stereocenters. The van der Waals surface area contributed by atoms with Crippen LogP contribution in [0.4, 0.5) is 0 Å². The summed E-state index contributed by atoms with van der Waals surface area (Å²) in [5, 5.41) is 10.0. The molecule has 5 heteroatoms. The molecule has 5 nitrogen and oxygen atoms in total. The number of carbonyl (C=O) groups is 2. The van der Waals surface area contributed by atoms with E-state index in [9.17, 15) is 14.7 Å². The molecule has 0 aromatic heterocycles. The quantitative estimate of drug-likeness (QED) is 0.442. The summed E-state index contributed by atoms with van der Waals surface area (Å²) in [6.07, 6.45) is 4.73. The lowest BCUT2D eigenvalue weighted by Gasteiger charge is -2.24. The maximum atomic E-state index is 11.5. The summed E-state index contributed by atoms with van der Waals surface area (Å²) in [5.41, 5.74) is 0.00265. The van der Waals surface area contributed by atoms with Crippen molar-refractivity contribution < 1.29 is 24.2 Å². The summed E-state index contributed by atoms with van der Waals surface area (Å²) in [6, 6.07) is 0. The SMILES string of the molecule is C=C1CC(=O)OC(O)(CCCCCCC(C)C)OC1=O. The summed E-state index contributed by atoms with van der Waals surface area (Å²) in [6.45, 7) is 7.78. The Kier molecular flexibility index (Phi) is 6.20. The van der Waals surface area contributed by atoms with Gasteiger partial charge in [-0.1, -0.05) is 46.1 Å². The van der Waals surface area contributed by atoms with E-state index in [2.05, 4.69) is 20.4 Å². The largest absolute Gasteiger partial charge is 0.398 e. The second-order valence-corrected chi connectivity index (χ2v) is 5.70. The average Bonchev–Trinajstić information content (AvgIpc) is 2.41. The highest BCUT2D eigenvalue weighted by atomic mass is 16.8. The molecule has 0 aromatic rings. The number of rotatable bonds is 7. The second kappa shape index (κ2) is 7.43. The second-order valence-electron chi connectivity index (χ2n) is 5.70. The van der Waals surface area contributed by atoms with Crippen molar-refractivity contribution in [2.75, 3.05) is 0 Å². The Hall–Kier alpha value is -1.36. The lowest BCUT2D eigenvalue weighted by Crippen LogP contribution is -2.37. The molecule has 1 heterocycles. The molecule has 1 saturated heterocycles. The first-order valence-corrected chi connectivity index (χ1v) is 7.18. The number of cyclic esters (lactones) is 2. The molecule has 0 aliphatic carbocycles. The zero-order valence-corrected chi connectivity index (χ0v) is 12.3. The Morgan fingerprint density at radius 2 is 1.85 bits per heavy atom. The van der Waals surface area contributed by atoms with E-state index >= 15 is 0 Å². The van der Waals surface area contributed by atoms with Crippen LogP contribution in [0.25, 0.3) is 0 Å². The van der Waals surface area contributed by atoms with Crippen LogP contribution in [-0.4, -0.2) is 23.0 Å². The third kappa shape index (κ3) is 5.74. The Bertz CT molecular complexity index is 374. The predicted molar refractivity (Wildman–Crippen MR) is 73.4 cm³/mol. The average molecular weight is 284 g/mol. The van der Waals surface area contributed by atoms with Crippen molar-refractivity contribution in [3.05, 3.63) is 12.2 Å². The fourth-order valence-corrected chi connectivity index (χ4v) is 2.05. The Morgan fingerprint density at radius 1 is 1.20 bits per heavy atom. The molecule has 114 valence electrons. The molecule has 1 rings (SSSR count). The van der Waals surface area contributed by atoms with Gasteiger partial charge in [0.15, 0.2) is 0 Å². The number of ether oxygens (including phenoxy) is 2. The predicted octanol–water partition coefficient (Wildman–Crippen LogP) is 2.68. The summed E-state index contributed by atoms with van der Waals surface area (Å²) in [5.74, 6) is -2.92. The molecule has 0 radical (unpaired) electrons. The van der Waals surface area contributed by atoms with Crippen LogP contribution >= 0.6 is 0 Å². The van der Waals surface area contributed by atoms with Gasteiger partial charge in [0.05, 0.1) is 12.8 Å². The Labute approximate surface area is 119 Å². The summed E-state index contributed by atoms with van der Waals surface area (Å²) < 4.78 is 9.60. The highest BCUT2D eigenvalue weighted by Gasteiger charge is 2.39. The first-order chi connectivity index (χ1) is 9.32. The molecule has 0 spiro atoms. The van der Waals surface area contributed by atoms with Gasteiger partial charge >= 0.3 is 17.9 Å². The zero-order chi connectivity index (χ0) is 15.2. The van der Waals surface area contributed by atoms with Crippen molar-refractivity contribution in [2.24, 2.45) is 5.92 Å². The van der Waals surface area contributed by atoms with Crippen molar-refractivity contribution in [3.8, 4) is 0 Å².